The molecule has 1 aromatic carbocycles. The van der Waals surface area contributed by atoms with E-state index >= 15 is 0 Å². The molecule has 0 atom stereocenters. The Kier molecular flexibility index (Phi) is 2.14. The number of halogens is 2. The molecular weight excluding hydrogens is 205 g/mol. The third-order valence-corrected chi connectivity index (χ3v) is 2.52. The maximum Gasteiger partial charge on any atom is 0.0707 e. The molecule has 1 heterocycles. The highest BCUT2D eigenvalue weighted by Gasteiger charge is 2.00. The van der Waals surface area contributed by atoms with Crippen LogP contribution >= 0.6 is 23.2 Å². The predicted octanol–water partition coefficient (Wildman–Crippen LogP) is 3.85. The van der Waals surface area contributed by atoms with Crippen LogP contribution in [-0.4, -0.2) is 4.98 Å². The molecule has 0 bridgehead atoms. The number of aromatic nitrogens is 1. The fourth-order valence-corrected chi connectivity index (χ4v) is 1.56. The van der Waals surface area contributed by atoms with E-state index in [1.807, 2.05) is 31.2 Å². The SMILES string of the molecule is Cc1nc2ccc(Cl)cc2cc1Cl. The van der Waals surface area contributed by atoms with Crippen molar-refractivity contribution in [2.75, 3.05) is 0 Å². The molecule has 0 saturated carbocycles. The van der Waals surface area contributed by atoms with E-state index in [0.717, 1.165) is 16.6 Å². The third-order valence-electron chi connectivity index (χ3n) is 1.91. The molecule has 0 saturated heterocycles. The van der Waals surface area contributed by atoms with Crippen LogP contribution in [0, 0.1) is 6.92 Å². The molecular formula is C10H7Cl2N. The molecule has 0 spiro atoms. The molecule has 0 radical (unpaired) electrons. The minimum atomic E-state index is 0.676. The second-order valence-electron chi connectivity index (χ2n) is 2.89. The van der Waals surface area contributed by atoms with Crippen molar-refractivity contribution in [2.24, 2.45) is 0 Å². The van der Waals surface area contributed by atoms with Gasteiger partial charge < -0.3 is 0 Å². The van der Waals surface area contributed by atoms with Crippen molar-refractivity contribution in [3.8, 4) is 0 Å². The van der Waals surface area contributed by atoms with Crippen LogP contribution in [0.25, 0.3) is 10.9 Å². The van der Waals surface area contributed by atoms with Crippen molar-refractivity contribution in [3.05, 3.63) is 40.0 Å². The Labute approximate surface area is 86.3 Å². The highest BCUT2D eigenvalue weighted by molar-refractivity contribution is 6.32. The predicted molar refractivity (Wildman–Crippen MR) is 56.5 cm³/mol. The summed E-state index contributed by atoms with van der Waals surface area (Å²) in [6.45, 7) is 1.89. The van der Waals surface area contributed by atoms with Gasteiger partial charge in [0, 0.05) is 10.4 Å². The average Bonchev–Trinajstić information content (AvgIpc) is 2.08. The zero-order valence-electron chi connectivity index (χ0n) is 7.01. The lowest BCUT2D eigenvalue weighted by Gasteiger charge is -2.01. The summed E-state index contributed by atoms with van der Waals surface area (Å²) in [5.41, 5.74) is 1.77. The topological polar surface area (TPSA) is 12.9 Å². The van der Waals surface area contributed by atoms with Gasteiger partial charge in [0.25, 0.3) is 0 Å². The number of nitrogens with zero attached hydrogens (tertiary/aromatic N) is 1. The monoisotopic (exact) mass is 211 g/mol. The molecule has 0 amide bonds. The van der Waals surface area contributed by atoms with E-state index in [4.69, 9.17) is 23.2 Å². The average molecular weight is 212 g/mol. The molecule has 2 rings (SSSR count). The fourth-order valence-electron chi connectivity index (χ4n) is 1.22. The highest BCUT2D eigenvalue weighted by atomic mass is 35.5. The molecule has 0 fully saturated rings. The van der Waals surface area contributed by atoms with E-state index in [9.17, 15) is 0 Å². The number of pyridine rings is 1. The lowest BCUT2D eigenvalue weighted by molar-refractivity contribution is 1.26. The zero-order chi connectivity index (χ0) is 9.42. The van der Waals surface area contributed by atoms with Gasteiger partial charge in [-0.2, -0.15) is 0 Å². The largest absolute Gasteiger partial charge is 0.252 e. The summed E-state index contributed by atoms with van der Waals surface area (Å²) >= 11 is 11.8. The van der Waals surface area contributed by atoms with Crippen molar-refractivity contribution in [3.63, 3.8) is 0 Å². The summed E-state index contributed by atoms with van der Waals surface area (Å²) in [4.78, 5) is 4.33. The fraction of sp³-hybridized carbons (Fsp3) is 0.100. The first-order chi connectivity index (χ1) is 6.16. The van der Waals surface area contributed by atoms with Crippen molar-refractivity contribution in [2.45, 2.75) is 6.92 Å². The number of hydrogen-bond donors (Lipinski definition) is 0. The normalized spacial score (nSPS) is 10.7. The minimum Gasteiger partial charge on any atom is -0.252 e. The van der Waals surface area contributed by atoms with Crippen molar-refractivity contribution in [1.29, 1.82) is 0 Å². The van der Waals surface area contributed by atoms with E-state index in [1.165, 1.54) is 0 Å². The van der Waals surface area contributed by atoms with E-state index in [1.54, 1.807) is 0 Å². The molecule has 0 aliphatic heterocycles. The van der Waals surface area contributed by atoms with Gasteiger partial charge in [-0.1, -0.05) is 23.2 Å². The molecule has 0 aliphatic rings. The Morgan fingerprint density at radius 1 is 1.15 bits per heavy atom. The maximum atomic E-state index is 5.93. The molecule has 1 nitrogen and oxygen atoms in total. The lowest BCUT2D eigenvalue weighted by Crippen LogP contribution is -1.84. The van der Waals surface area contributed by atoms with E-state index in [2.05, 4.69) is 4.98 Å². The van der Waals surface area contributed by atoms with Crippen LogP contribution in [0.3, 0.4) is 0 Å². The second-order valence-corrected chi connectivity index (χ2v) is 3.74. The van der Waals surface area contributed by atoms with Crippen molar-refractivity contribution < 1.29 is 0 Å². The summed E-state index contributed by atoms with van der Waals surface area (Å²) in [6.07, 6.45) is 0. The molecule has 0 N–H and O–H groups in total. The summed E-state index contributed by atoms with van der Waals surface area (Å²) in [7, 11) is 0. The van der Waals surface area contributed by atoms with Crippen LogP contribution in [0.1, 0.15) is 5.69 Å². The molecule has 1 aromatic heterocycles. The Hall–Kier alpha value is -0.790. The first-order valence-corrected chi connectivity index (χ1v) is 4.65. The first-order valence-electron chi connectivity index (χ1n) is 3.89. The summed E-state index contributed by atoms with van der Waals surface area (Å²) in [6, 6.07) is 7.45. The van der Waals surface area contributed by atoms with E-state index in [0.29, 0.717) is 10.0 Å². The van der Waals surface area contributed by atoms with Gasteiger partial charge >= 0.3 is 0 Å². The van der Waals surface area contributed by atoms with Crippen LogP contribution in [0.2, 0.25) is 10.0 Å². The Morgan fingerprint density at radius 3 is 2.69 bits per heavy atom. The van der Waals surface area contributed by atoms with E-state index < -0.39 is 0 Å². The van der Waals surface area contributed by atoms with Crippen molar-refractivity contribution >= 4 is 34.1 Å². The molecule has 3 heteroatoms. The Balaban J connectivity index is 2.81. The number of rotatable bonds is 0. The van der Waals surface area contributed by atoms with Crippen LogP contribution in [0.4, 0.5) is 0 Å². The van der Waals surface area contributed by atoms with Gasteiger partial charge in [-0.05, 0) is 31.2 Å². The molecule has 2 aromatic rings. The van der Waals surface area contributed by atoms with E-state index in [-0.39, 0.29) is 0 Å². The second kappa shape index (κ2) is 3.17. The lowest BCUT2D eigenvalue weighted by atomic mass is 10.2. The van der Waals surface area contributed by atoms with Gasteiger partial charge in [-0.25, -0.2) is 0 Å². The molecule has 13 heavy (non-hydrogen) atoms. The summed E-state index contributed by atoms with van der Waals surface area (Å²) in [5.74, 6) is 0. The van der Waals surface area contributed by atoms with Gasteiger partial charge in [0.15, 0.2) is 0 Å². The zero-order valence-corrected chi connectivity index (χ0v) is 8.52. The van der Waals surface area contributed by atoms with Gasteiger partial charge in [-0.15, -0.1) is 0 Å². The number of benzene rings is 1. The number of fused-ring (bicyclic) bond motifs is 1. The third kappa shape index (κ3) is 1.62. The van der Waals surface area contributed by atoms with Gasteiger partial charge in [0.05, 0.1) is 16.2 Å². The minimum absolute atomic E-state index is 0.676. The first kappa shape index (κ1) is 8.79. The van der Waals surface area contributed by atoms with Crippen molar-refractivity contribution in [1.82, 2.24) is 4.98 Å². The molecule has 66 valence electrons. The maximum absolute atomic E-state index is 5.93. The van der Waals surface area contributed by atoms with Gasteiger partial charge in [0.2, 0.25) is 0 Å². The van der Waals surface area contributed by atoms with Gasteiger partial charge in [-0.3, -0.25) is 4.98 Å². The summed E-state index contributed by atoms with van der Waals surface area (Å²) in [5, 5.41) is 2.35. The highest BCUT2D eigenvalue weighted by Crippen LogP contribution is 2.22. The Bertz CT molecular complexity index is 466. The Morgan fingerprint density at radius 2 is 1.92 bits per heavy atom. The standard InChI is InChI=1S/C10H7Cl2N/c1-6-9(12)5-7-4-8(11)2-3-10(7)13-6/h2-5H,1H3. The van der Waals surface area contributed by atoms with Crippen LogP contribution in [0.5, 0.6) is 0 Å². The van der Waals surface area contributed by atoms with Crippen LogP contribution < -0.4 is 0 Å². The van der Waals surface area contributed by atoms with Crippen LogP contribution in [-0.2, 0) is 0 Å². The van der Waals surface area contributed by atoms with Gasteiger partial charge in [0.1, 0.15) is 0 Å². The number of hydrogen-bond acceptors (Lipinski definition) is 1. The van der Waals surface area contributed by atoms with Crippen LogP contribution in [0.15, 0.2) is 24.3 Å². The summed E-state index contributed by atoms with van der Waals surface area (Å²) < 4.78 is 0. The quantitative estimate of drug-likeness (QED) is 0.646. The molecule has 0 aliphatic carbocycles. The molecule has 0 unspecified atom stereocenters. The smallest absolute Gasteiger partial charge is 0.0707 e. The number of aryl methyl sites for hydroxylation is 1.